The van der Waals surface area contributed by atoms with Crippen molar-refractivity contribution >= 4 is 29.0 Å². The van der Waals surface area contributed by atoms with Crippen molar-refractivity contribution < 1.29 is 9.59 Å². The molecule has 5 rings (SSSR count). The number of imide groups is 1. The minimum Gasteiger partial charge on any atom is -0.369 e. The summed E-state index contributed by atoms with van der Waals surface area (Å²) in [5, 5.41) is 1.96. The lowest BCUT2D eigenvalue weighted by Crippen LogP contribution is -2.51. The van der Waals surface area contributed by atoms with Gasteiger partial charge in [0.05, 0.1) is 6.67 Å². The standard InChI is InChI=1S/C25H26N4O2S/c30-24-23(22-12-7-17-32-22)28(18-20-8-3-1-4-9-20)25(31)29(24)19-26-13-15-27(16-14-26)21-10-5-2-6-11-21/h1-12,17,23H,13-16,18-19H2/t23-/m0/s1. The van der Waals surface area contributed by atoms with Crippen LogP contribution in [0.3, 0.4) is 0 Å². The van der Waals surface area contributed by atoms with Gasteiger partial charge >= 0.3 is 6.03 Å². The maximum Gasteiger partial charge on any atom is 0.329 e. The number of amides is 3. The number of piperazine rings is 1. The zero-order valence-electron chi connectivity index (χ0n) is 17.8. The first-order chi connectivity index (χ1) is 15.7. The van der Waals surface area contributed by atoms with Crippen LogP contribution in [0.2, 0.25) is 0 Å². The number of thiophene rings is 1. The number of carbonyl (C=O) groups excluding carboxylic acids is 2. The minimum atomic E-state index is -0.548. The number of hydrogen-bond donors (Lipinski definition) is 0. The number of benzene rings is 2. The Morgan fingerprint density at radius 3 is 2.16 bits per heavy atom. The molecule has 2 aliphatic heterocycles. The summed E-state index contributed by atoms with van der Waals surface area (Å²) in [4.78, 5) is 35.4. The molecule has 2 saturated heterocycles. The molecule has 2 aromatic carbocycles. The molecule has 32 heavy (non-hydrogen) atoms. The van der Waals surface area contributed by atoms with Gasteiger partial charge in [0, 0.05) is 43.3 Å². The van der Waals surface area contributed by atoms with E-state index in [0.717, 1.165) is 36.6 Å². The van der Waals surface area contributed by atoms with Crippen LogP contribution in [0.1, 0.15) is 16.5 Å². The third-order valence-corrected chi connectivity index (χ3v) is 7.06. The first-order valence-electron chi connectivity index (χ1n) is 10.9. The molecule has 3 amide bonds. The van der Waals surface area contributed by atoms with Gasteiger partial charge in [-0.05, 0) is 29.1 Å². The number of anilines is 1. The highest BCUT2D eigenvalue weighted by atomic mass is 32.1. The van der Waals surface area contributed by atoms with Crippen molar-refractivity contribution in [3.05, 3.63) is 88.6 Å². The van der Waals surface area contributed by atoms with Gasteiger partial charge < -0.3 is 9.80 Å². The smallest absolute Gasteiger partial charge is 0.329 e. The minimum absolute atomic E-state index is 0.126. The maximum absolute atomic E-state index is 13.4. The molecule has 1 atom stereocenters. The van der Waals surface area contributed by atoms with Crippen molar-refractivity contribution in [1.29, 1.82) is 0 Å². The molecule has 0 aliphatic carbocycles. The zero-order chi connectivity index (χ0) is 21.9. The zero-order valence-corrected chi connectivity index (χ0v) is 18.7. The van der Waals surface area contributed by atoms with Crippen LogP contribution in [-0.4, -0.2) is 59.5 Å². The topological polar surface area (TPSA) is 47.1 Å². The Morgan fingerprint density at radius 1 is 0.812 bits per heavy atom. The monoisotopic (exact) mass is 446 g/mol. The molecular formula is C25H26N4O2S. The van der Waals surface area contributed by atoms with Crippen molar-refractivity contribution in [3.63, 3.8) is 0 Å². The molecule has 0 saturated carbocycles. The van der Waals surface area contributed by atoms with Gasteiger partial charge in [-0.2, -0.15) is 0 Å². The largest absolute Gasteiger partial charge is 0.369 e. The molecule has 0 bridgehead atoms. The molecule has 6 nitrogen and oxygen atoms in total. The van der Waals surface area contributed by atoms with Crippen LogP contribution in [0.5, 0.6) is 0 Å². The number of urea groups is 1. The second-order valence-corrected chi connectivity index (χ2v) is 9.14. The van der Waals surface area contributed by atoms with Gasteiger partial charge in [0.2, 0.25) is 0 Å². The molecule has 0 radical (unpaired) electrons. The number of nitrogens with zero attached hydrogens (tertiary/aromatic N) is 4. The molecule has 2 aliphatic rings. The van der Waals surface area contributed by atoms with Gasteiger partial charge in [-0.15, -0.1) is 11.3 Å². The van der Waals surface area contributed by atoms with Gasteiger partial charge in [-0.1, -0.05) is 54.6 Å². The SMILES string of the molecule is O=C1[C@H](c2cccs2)N(Cc2ccccc2)C(=O)N1CN1CCN(c2ccccc2)CC1. The molecule has 0 unspecified atom stereocenters. The van der Waals surface area contributed by atoms with Crippen molar-refractivity contribution in [2.45, 2.75) is 12.6 Å². The number of carbonyl (C=O) groups is 2. The van der Waals surface area contributed by atoms with Crippen LogP contribution < -0.4 is 4.90 Å². The van der Waals surface area contributed by atoms with E-state index in [9.17, 15) is 9.59 Å². The number of hydrogen-bond acceptors (Lipinski definition) is 5. The summed E-state index contributed by atoms with van der Waals surface area (Å²) in [5.41, 5.74) is 2.24. The van der Waals surface area contributed by atoms with Gasteiger partial charge in [0.1, 0.15) is 6.04 Å². The van der Waals surface area contributed by atoms with E-state index in [4.69, 9.17) is 0 Å². The number of rotatable bonds is 6. The predicted octanol–water partition coefficient (Wildman–Crippen LogP) is 4.03. The van der Waals surface area contributed by atoms with Crippen molar-refractivity contribution in [3.8, 4) is 0 Å². The van der Waals surface area contributed by atoms with Crippen LogP contribution in [0, 0.1) is 0 Å². The summed E-state index contributed by atoms with van der Waals surface area (Å²) in [5.74, 6) is -0.126. The molecule has 7 heteroatoms. The summed E-state index contributed by atoms with van der Waals surface area (Å²) in [7, 11) is 0. The van der Waals surface area contributed by atoms with Gasteiger partial charge in [0.15, 0.2) is 0 Å². The second-order valence-electron chi connectivity index (χ2n) is 8.16. The lowest BCUT2D eigenvalue weighted by molar-refractivity contribution is -0.129. The third-order valence-electron chi connectivity index (χ3n) is 6.13. The molecule has 0 N–H and O–H groups in total. The molecule has 0 spiro atoms. The second kappa shape index (κ2) is 9.14. The van der Waals surface area contributed by atoms with E-state index < -0.39 is 6.04 Å². The fourth-order valence-electron chi connectivity index (χ4n) is 4.42. The Bertz CT molecular complexity index is 1050. The van der Waals surface area contributed by atoms with Crippen LogP contribution >= 0.6 is 11.3 Å². The molecule has 3 aromatic rings. The highest BCUT2D eigenvalue weighted by molar-refractivity contribution is 7.10. The van der Waals surface area contributed by atoms with E-state index in [1.807, 2.05) is 53.9 Å². The van der Waals surface area contributed by atoms with Crippen molar-refractivity contribution in [1.82, 2.24) is 14.7 Å². The maximum atomic E-state index is 13.4. The summed E-state index contributed by atoms with van der Waals surface area (Å²) >= 11 is 1.52. The van der Waals surface area contributed by atoms with Crippen LogP contribution in [-0.2, 0) is 11.3 Å². The first-order valence-corrected chi connectivity index (χ1v) is 11.8. The van der Waals surface area contributed by atoms with Crippen molar-refractivity contribution in [2.75, 3.05) is 37.7 Å². The molecule has 164 valence electrons. The number of para-hydroxylation sites is 1. The van der Waals surface area contributed by atoms with Gasteiger partial charge in [0.25, 0.3) is 5.91 Å². The normalized spacial score (nSPS) is 19.8. The Morgan fingerprint density at radius 2 is 1.50 bits per heavy atom. The lowest BCUT2D eigenvalue weighted by Gasteiger charge is -2.37. The molecule has 3 heterocycles. The molecule has 2 fully saturated rings. The van der Waals surface area contributed by atoms with Gasteiger partial charge in [-0.3, -0.25) is 9.69 Å². The third kappa shape index (κ3) is 4.13. The van der Waals surface area contributed by atoms with Crippen molar-refractivity contribution in [2.24, 2.45) is 0 Å². The Hall–Kier alpha value is -3.16. The molecule has 1 aromatic heterocycles. The van der Waals surface area contributed by atoms with E-state index >= 15 is 0 Å². The van der Waals surface area contributed by atoms with E-state index in [1.165, 1.54) is 21.9 Å². The van der Waals surface area contributed by atoms with Gasteiger partial charge in [-0.25, -0.2) is 9.69 Å². The average Bonchev–Trinajstić information content (AvgIpc) is 3.44. The lowest BCUT2D eigenvalue weighted by atomic mass is 10.1. The summed E-state index contributed by atoms with van der Waals surface area (Å²) in [6.07, 6.45) is 0. The summed E-state index contributed by atoms with van der Waals surface area (Å²) < 4.78 is 0. The van der Waals surface area contributed by atoms with Crippen LogP contribution in [0.4, 0.5) is 10.5 Å². The van der Waals surface area contributed by atoms with E-state index in [-0.39, 0.29) is 11.9 Å². The van der Waals surface area contributed by atoms with E-state index in [0.29, 0.717) is 13.2 Å². The Kier molecular flexibility index (Phi) is 5.92. The fraction of sp³-hybridized carbons (Fsp3) is 0.280. The first kappa shape index (κ1) is 20.7. The van der Waals surface area contributed by atoms with E-state index in [2.05, 4.69) is 34.1 Å². The van der Waals surface area contributed by atoms with E-state index in [1.54, 1.807) is 4.90 Å². The average molecular weight is 447 g/mol. The quantitative estimate of drug-likeness (QED) is 0.537. The Balaban J connectivity index is 1.30. The summed E-state index contributed by atoms with van der Waals surface area (Å²) in [6, 6.07) is 23.4. The summed E-state index contributed by atoms with van der Waals surface area (Å²) in [6.45, 7) is 4.15. The van der Waals surface area contributed by atoms with Crippen LogP contribution in [0.25, 0.3) is 0 Å². The predicted molar refractivity (Wildman–Crippen MR) is 126 cm³/mol. The fourth-order valence-corrected chi connectivity index (χ4v) is 5.25. The highest BCUT2D eigenvalue weighted by Gasteiger charge is 2.46. The molecular weight excluding hydrogens is 420 g/mol. The Labute approximate surface area is 192 Å². The van der Waals surface area contributed by atoms with Crippen LogP contribution in [0.15, 0.2) is 78.2 Å². The highest BCUT2D eigenvalue weighted by Crippen LogP contribution is 2.35.